The fourth-order valence-corrected chi connectivity index (χ4v) is 3.49. The minimum absolute atomic E-state index is 0.433. The first-order valence-electron chi connectivity index (χ1n) is 6.76. The fraction of sp³-hybridized carbons (Fsp3) is 0.250. The molecule has 0 heterocycles. The third-order valence-electron chi connectivity index (χ3n) is 3.30. The van der Waals surface area contributed by atoms with Gasteiger partial charge in [0.25, 0.3) is 0 Å². The lowest BCUT2D eigenvalue weighted by Crippen LogP contribution is -2.15. The van der Waals surface area contributed by atoms with E-state index in [9.17, 15) is 8.78 Å². The molecule has 0 amide bonds. The molecular formula is C16H14BrF2NS. The van der Waals surface area contributed by atoms with E-state index in [1.165, 1.54) is 36.7 Å². The van der Waals surface area contributed by atoms with E-state index in [0.717, 1.165) is 27.5 Å². The Morgan fingerprint density at radius 1 is 1.10 bits per heavy atom. The Bertz CT molecular complexity index is 659. The summed E-state index contributed by atoms with van der Waals surface area (Å²) in [4.78, 5) is 1.41. The molecule has 0 atom stereocenters. The summed E-state index contributed by atoms with van der Waals surface area (Å²) in [6.07, 6.45) is 2.46. The Hall–Kier alpha value is -0.910. The van der Waals surface area contributed by atoms with Crippen molar-refractivity contribution in [1.29, 1.82) is 0 Å². The molecule has 0 aliphatic heterocycles. The number of hydrogen-bond donors (Lipinski definition) is 1. The quantitative estimate of drug-likeness (QED) is 0.783. The van der Waals surface area contributed by atoms with Gasteiger partial charge in [-0.15, -0.1) is 0 Å². The van der Waals surface area contributed by atoms with Crippen molar-refractivity contribution in [1.82, 2.24) is 5.32 Å². The lowest BCUT2D eigenvalue weighted by molar-refractivity contribution is 0.565. The monoisotopic (exact) mass is 369 g/mol. The Balaban J connectivity index is 1.83. The standard InChI is InChI=1S/C16H14BrF2NS/c17-11-2-1-10(9-20-13-4-5-13)16(7-11)21-15-6-3-12(18)8-14(15)19/h1-3,6-8,13,20H,4-5,9H2. The highest BCUT2D eigenvalue weighted by Crippen LogP contribution is 2.34. The highest BCUT2D eigenvalue weighted by molar-refractivity contribution is 9.10. The van der Waals surface area contributed by atoms with Gasteiger partial charge in [0.1, 0.15) is 11.6 Å². The molecule has 1 fully saturated rings. The van der Waals surface area contributed by atoms with E-state index in [1.54, 1.807) is 0 Å². The SMILES string of the molecule is Fc1ccc(Sc2cc(Br)ccc2CNC2CC2)c(F)c1. The van der Waals surface area contributed by atoms with Gasteiger partial charge in [0, 0.05) is 32.9 Å². The van der Waals surface area contributed by atoms with Gasteiger partial charge in [0.15, 0.2) is 0 Å². The van der Waals surface area contributed by atoms with Gasteiger partial charge in [0.2, 0.25) is 0 Å². The van der Waals surface area contributed by atoms with Gasteiger partial charge in [-0.3, -0.25) is 0 Å². The summed E-state index contributed by atoms with van der Waals surface area (Å²) < 4.78 is 27.7. The maximum atomic E-state index is 13.8. The molecule has 5 heteroatoms. The first-order chi connectivity index (χ1) is 10.1. The second-order valence-electron chi connectivity index (χ2n) is 5.08. The second kappa shape index (κ2) is 6.46. The summed E-state index contributed by atoms with van der Waals surface area (Å²) in [6.45, 7) is 0.767. The molecule has 0 unspecified atom stereocenters. The molecule has 1 aliphatic carbocycles. The molecule has 3 rings (SSSR count). The minimum atomic E-state index is -0.554. The summed E-state index contributed by atoms with van der Waals surface area (Å²) in [5.74, 6) is -1.08. The average molecular weight is 370 g/mol. The lowest BCUT2D eigenvalue weighted by atomic mass is 10.2. The first-order valence-corrected chi connectivity index (χ1v) is 8.37. The van der Waals surface area contributed by atoms with Crippen LogP contribution in [0.4, 0.5) is 8.78 Å². The van der Waals surface area contributed by atoms with Gasteiger partial charge < -0.3 is 5.32 Å². The molecule has 0 spiro atoms. The van der Waals surface area contributed by atoms with Gasteiger partial charge in [-0.2, -0.15) is 0 Å². The molecule has 0 saturated heterocycles. The van der Waals surface area contributed by atoms with Crippen LogP contribution < -0.4 is 5.32 Å². The third kappa shape index (κ3) is 4.05. The Morgan fingerprint density at radius 2 is 1.90 bits per heavy atom. The molecular weight excluding hydrogens is 356 g/mol. The van der Waals surface area contributed by atoms with Crippen LogP contribution in [-0.2, 0) is 6.54 Å². The zero-order valence-corrected chi connectivity index (χ0v) is 13.6. The van der Waals surface area contributed by atoms with Crippen LogP contribution in [0.15, 0.2) is 50.7 Å². The number of halogens is 3. The van der Waals surface area contributed by atoms with E-state index in [-0.39, 0.29) is 0 Å². The molecule has 1 aliphatic rings. The minimum Gasteiger partial charge on any atom is -0.310 e. The zero-order valence-electron chi connectivity index (χ0n) is 11.2. The van der Waals surface area contributed by atoms with Gasteiger partial charge in [-0.1, -0.05) is 33.8 Å². The third-order valence-corrected chi connectivity index (χ3v) is 4.95. The molecule has 2 aromatic carbocycles. The second-order valence-corrected chi connectivity index (χ2v) is 7.08. The predicted molar refractivity (Wildman–Crippen MR) is 84.5 cm³/mol. The van der Waals surface area contributed by atoms with E-state index in [1.807, 2.05) is 18.2 Å². The largest absolute Gasteiger partial charge is 0.310 e. The number of nitrogens with one attached hydrogen (secondary N) is 1. The van der Waals surface area contributed by atoms with Crippen molar-refractivity contribution in [2.75, 3.05) is 0 Å². The van der Waals surface area contributed by atoms with Crippen LogP contribution in [0.1, 0.15) is 18.4 Å². The Labute approximate surface area is 135 Å². The van der Waals surface area contributed by atoms with Crippen LogP contribution in [0, 0.1) is 11.6 Å². The predicted octanol–water partition coefficient (Wildman–Crippen LogP) is 5.13. The van der Waals surface area contributed by atoms with Crippen molar-refractivity contribution in [3.8, 4) is 0 Å². The maximum absolute atomic E-state index is 13.8. The normalized spacial score (nSPS) is 14.4. The summed E-state index contributed by atoms with van der Waals surface area (Å²) in [7, 11) is 0. The lowest BCUT2D eigenvalue weighted by Gasteiger charge is -2.11. The van der Waals surface area contributed by atoms with Crippen molar-refractivity contribution in [2.45, 2.75) is 35.2 Å². The van der Waals surface area contributed by atoms with E-state index in [2.05, 4.69) is 21.2 Å². The van der Waals surface area contributed by atoms with E-state index < -0.39 is 11.6 Å². The zero-order chi connectivity index (χ0) is 14.8. The van der Waals surface area contributed by atoms with Crippen LogP contribution in [0.25, 0.3) is 0 Å². The van der Waals surface area contributed by atoms with Crippen molar-refractivity contribution < 1.29 is 8.78 Å². The molecule has 21 heavy (non-hydrogen) atoms. The Kier molecular flexibility index (Phi) is 4.62. The van der Waals surface area contributed by atoms with Crippen LogP contribution >= 0.6 is 27.7 Å². The van der Waals surface area contributed by atoms with Crippen LogP contribution in [0.5, 0.6) is 0 Å². The van der Waals surface area contributed by atoms with E-state index in [4.69, 9.17) is 0 Å². The van der Waals surface area contributed by atoms with Crippen LogP contribution in [0.3, 0.4) is 0 Å². The molecule has 0 aromatic heterocycles. The van der Waals surface area contributed by atoms with Gasteiger partial charge in [-0.05, 0) is 42.7 Å². The molecule has 1 N–H and O–H groups in total. The van der Waals surface area contributed by atoms with E-state index >= 15 is 0 Å². The van der Waals surface area contributed by atoms with Gasteiger partial charge >= 0.3 is 0 Å². The van der Waals surface area contributed by atoms with Crippen LogP contribution in [-0.4, -0.2) is 6.04 Å². The van der Waals surface area contributed by atoms with Crippen molar-refractivity contribution >= 4 is 27.7 Å². The number of benzene rings is 2. The summed E-state index contributed by atoms with van der Waals surface area (Å²) in [6, 6.07) is 10.3. The molecule has 110 valence electrons. The smallest absolute Gasteiger partial charge is 0.140 e. The fourth-order valence-electron chi connectivity index (χ4n) is 1.99. The molecule has 1 nitrogen and oxygen atoms in total. The van der Waals surface area contributed by atoms with Crippen LogP contribution in [0.2, 0.25) is 0 Å². The highest BCUT2D eigenvalue weighted by Gasteiger charge is 2.20. The number of rotatable bonds is 5. The number of hydrogen-bond acceptors (Lipinski definition) is 2. The van der Waals surface area contributed by atoms with Gasteiger partial charge in [-0.25, -0.2) is 8.78 Å². The van der Waals surface area contributed by atoms with Crippen molar-refractivity contribution in [3.05, 3.63) is 58.1 Å². The van der Waals surface area contributed by atoms with E-state index in [0.29, 0.717) is 10.9 Å². The molecule has 0 radical (unpaired) electrons. The summed E-state index contributed by atoms with van der Waals surface area (Å²) in [5.41, 5.74) is 1.12. The molecule has 0 bridgehead atoms. The summed E-state index contributed by atoms with van der Waals surface area (Å²) >= 11 is 4.77. The molecule has 2 aromatic rings. The summed E-state index contributed by atoms with van der Waals surface area (Å²) in [5, 5.41) is 3.46. The van der Waals surface area contributed by atoms with Gasteiger partial charge in [0.05, 0.1) is 0 Å². The van der Waals surface area contributed by atoms with Crippen molar-refractivity contribution in [2.24, 2.45) is 0 Å². The first kappa shape index (κ1) is 15.0. The molecule has 1 saturated carbocycles. The Morgan fingerprint density at radius 3 is 2.62 bits per heavy atom. The average Bonchev–Trinajstić information content (AvgIpc) is 3.25. The van der Waals surface area contributed by atoms with Crippen molar-refractivity contribution in [3.63, 3.8) is 0 Å². The maximum Gasteiger partial charge on any atom is 0.140 e. The topological polar surface area (TPSA) is 12.0 Å². The highest BCUT2D eigenvalue weighted by atomic mass is 79.9.